The second kappa shape index (κ2) is 9.24. The van der Waals surface area contributed by atoms with Crippen molar-refractivity contribution < 1.29 is 19.0 Å². The lowest BCUT2D eigenvalue weighted by Gasteiger charge is -2.36. The Bertz CT molecular complexity index is 740. The summed E-state index contributed by atoms with van der Waals surface area (Å²) in [5.41, 5.74) is 1.14. The maximum Gasteiger partial charge on any atom is 0.235 e. The smallest absolute Gasteiger partial charge is 0.235 e. The Morgan fingerprint density at radius 2 is 1.70 bits per heavy atom. The predicted octanol–water partition coefficient (Wildman–Crippen LogP) is 4.16. The van der Waals surface area contributed by atoms with E-state index in [-0.39, 0.29) is 5.91 Å². The summed E-state index contributed by atoms with van der Waals surface area (Å²) < 4.78 is 16.3. The summed E-state index contributed by atoms with van der Waals surface area (Å²) in [5, 5.41) is 3.85. The van der Waals surface area contributed by atoms with Crippen LogP contribution in [0.1, 0.15) is 18.4 Å². The first-order chi connectivity index (χ1) is 13.2. The lowest BCUT2D eigenvalue weighted by molar-refractivity contribution is -0.125. The molecule has 1 fully saturated rings. The average Bonchev–Trinajstić information content (AvgIpc) is 2.73. The number of alkyl halides is 1. The molecule has 0 aliphatic carbocycles. The third-order valence-corrected chi connectivity index (χ3v) is 5.21. The van der Waals surface area contributed by atoms with Gasteiger partial charge in [0.1, 0.15) is 11.5 Å². The van der Waals surface area contributed by atoms with Gasteiger partial charge in [-0.1, -0.05) is 28.1 Å². The summed E-state index contributed by atoms with van der Waals surface area (Å²) in [6.07, 6.45) is 1.30. The lowest BCUT2D eigenvalue weighted by Crippen LogP contribution is -2.44. The summed E-state index contributed by atoms with van der Waals surface area (Å²) in [4.78, 5) is 13.3. The van der Waals surface area contributed by atoms with Crippen molar-refractivity contribution in [2.24, 2.45) is 0 Å². The van der Waals surface area contributed by atoms with Gasteiger partial charge in [-0.3, -0.25) is 4.79 Å². The Hall–Kier alpha value is -2.05. The number of benzene rings is 2. The van der Waals surface area contributed by atoms with Crippen LogP contribution in [0.2, 0.25) is 0 Å². The van der Waals surface area contributed by atoms with Crippen molar-refractivity contribution in [3.63, 3.8) is 0 Å². The minimum absolute atomic E-state index is 0.00917. The fraction of sp³-hybridized carbons (Fsp3) is 0.381. The normalized spacial score (nSPS) is 15.8. The highest BCUT2D eigenvalue weighted by Gasteiger charge is 2.41. The zero-order valence-electron chi connectivity index (χ0n) is 15.4. The summed E-state index contributed by atoms with van der Waals surface area (Å²) in [6, 6.07) is 15.2. The molecule has 0 spiro atoms. The minimum atomic E-state index is -0.602. The second-order valence-corrected chi connectivity index (χ2v) is 7.23. The molecule has 1 heterocycles. The number of halogens is 1. The molecule has 2 aromatic rings. The van der Waals surface area contributed by atoms with E-state index in [1.54, 1.807) is 7.11 Å². The number of ether oxygens (including phenoxy) is 3. The molecule has 6 heteroatoms. The van der Waals surface area contributed by atoms with Crippen molar-refractivity contribution in [2.45, 2.75) is 18.3 Å². The lowest BCUT2D eigenvalue weighted by atomic mass is 9.73. The number of carbonyl (C=O) groups is 1. The molecule has 0 aromatic heterocycles. The van der Waals surface area contributed by atoms with Crippen molar-refractivity contribution in [2.75, 3.05) is 37.6 Å². The highest BCUT2D eigenvalue weighted by atomic mass is 79.9. The summed E-state index contributed by atoms with van der Waals surface area (Å²) in [6.45, 7) is 1.74. The summed E-state index contributed by atoms with van der Waals surface area (Å²) in [7, 11) is 1.64. The van der Waals surface area contributed by atoms with Crippen LogP contribution in [-0.4, -0.2) is 38.2 Å². The minimum Gasteiger partial charge on any atom is -0.497 e. The molecule has 0 bridgehead atoms. The molecule has 3 rings (SSSR count). The molecule has 1 N–H and O–H groups in total. The monoisotopic (exact) mass is 433 g/mol. The topological polar surface area (TPSA) is 56.8 Å². The SMILES string of the molecule is COc1ccc(C2(C(=O)Nc3ccc(OCCBr)cc3)CCOCC2)cc1. The van der Waals surface area contributed by atoms with Gasteiger partial charge in [0, 0.05) is 24.2 Å². The maximum atomic E-state index is 13.3. The van der Waals surface area contributed by atoms with Crippen LogP contribution >= 0.6 is 15.9 Å². The van der Waals surface area contributed by atoms with Crippen LogP contribution in [0.3, 0.4) is 0 Å². The zero-order chi connectivity index (χ0) is 19.1. The van der Waals surface area contributed by atoms with Crippen LogP contribution in [0.5, 0.6) is 11.5 Å². The van der Waals surface area contributed by atoms with Crippen LogP contribution in [-0.2, 0) is 14.9 Å². The molecule has 0 unspecified atom stereocenters. The van der Waals surface area contributed by atoms with Crippen molar-refractivity contribution in [3.8, 4) is 11.5 Å². The van der Waals surface area contributed by atoms with E-state index in [1.807, 2.05) is 48.5 Å². The Kier molecular flexibility index (Phi) is 6.74. The number of hydrogen-bond donors (Lipinski definition) is 1. The molecule has 144 valence electrons. The van der Waals surface area contributed by atoms with Gasteiger partial charge in [0.15, 0.2) is 0 Å². The van der Waals surface area contributed by atoms with Crippen LogP contribution in [0.25, 0.3) is 0 Å². The second-order valence-electron chi connectivity index (χ2n) is 6.44. The molecule has 1 saturated heterocycles. The predicted molar refractivity (Wildman–Crippen MR) is 109 cm³/mol. The third-order valence-electron chi connectivity index (χ3n) is 4.88. The van der Waals surface area contributed by atoms with Gasteiger partial charge >= 0.3 is 0 Å². The van der Waals surface area contributed by atoms with Gasteiger partial charge in [0.25, 0.3) is 0 Å². The Labute approximate surface area is 168 Å². The van der Waals surface area contributed by atoms with Crippen LogP contribution in [0.15, 0.2) is 48.5 Å². The van der Waals surface area contributed by atoms with Gasteiger partial charge in [0.05, 0.1) is 19.1 Å². The molecule has 1 aliphatic rings. The first kappa shape index (κ1) is 19.7. The summed E-state index contributed by atoms with van der Waals surface area (Å²) in [5.74, 6) is 1.55. The largest absolute Gasteiger partial charge is 0.497 e. The van der Waals surface area contributed by atoms with Gasteiger partial charge in [0.2, 0.25) is 5.91 Å². The maximum absolute atomic E-state index is 13.3. The number of methoxy groups -OCH3 is 1. The number of amides is 1. The molecule has 0 saturated carbocycles. The Balaban J connectivity index is 1.79. The number of carbonyl (C=O) groups excluding carboxylic acids is 1. The third kappa shape index (κ3) is 4.62. The first-order valence-corrected chi connectivity index (χ1v) is 10.1. The molecule has 5 nitrogen and oxygen atoms in total. The quantitative estimate of drug-likeness (QED) is 0.666. The van der Waals surface area contributed by atoms with Gasteiger partial charge in [-0.15, -0.1) is 0 Å². The van der Waals surface area contributed by atoms with Crippen LogP contribution in [0.4, 0.5) is 5.69 Å². The van der Waals surface area contributed by atoms with E-state index >= 15 is 0 Å². The molecule has 1 amide bonds. The van der Waals surface area contributed by atoms with Gasteiger partial charge in [-0.2, -0.15) is 0 Å². The van der Waals surface area contributed by atoms with Crippen molar-refractivity contribution in [1.29, 1.82) is 0 Å². The standard InChI is InChI=1S/C21H24BrNO4/c1-25-18-6-2-16(3-7-18)21(10-13-26-14-11-21)20(24)23-17-4-8-19(9-5-17)27-15-12-22/h2-9H,10-15H2,1H3,(H,23,24). The average molecular weight is 434 g/mol. The Morgan fingerprint density at radius 3 is 2.30 bits per heavy atom. The van der Waals surface area contributed by atoms with Gasteiger partial charge in [-0.05, 0) is 54.8 Å². The number of rotatable bonds is 7. The van der Waals surface area contributed by atoms with Crippen LogP contribution in [0, 0.1) is 0 Å². The molecule has 27 heavy (non-hydrogen) atoms. The molecular weight excluding hydrogens is 410 g/mol. The van der Waals surface area contributed by atoms with E-state index in [0.717, 1.165) is 28.1 Å². The fourth-order valence-electron chi connectivity index (χ4n) is 3.32. The molecule has 0 radical (unpaired) electrons. The number of hydrogen-bond acceptors (Lipinski definition) is 4. The van der Waals surface area contributed by atoms with Crippen molar-refractivity contribution in [3.05, 3.63) is 54.1 Å². The molecule has 1 aliphatic heterocycles. The highest BCUT2D eigenvalue weighted by molar-refractivity contribution is 9.09. The fourth-order valence-corrected chi connectivity index (χ4v) is 3.48. The van der Waals surface area contributed by atoms with E-state index in [0.29, 0.717) is 32.7 Å². The molecule has 0 atom stereocenters. The number of anilines is 1. The Morgan fingerprint density at radius 1 is 1.07 bits per heavy atom. The first-order valence-electron chi connectivity index (χ1n) is 9.00. The van der Waals surface area contributed by atoms with E-state index in [9.17, 15) is 4.79 Å². The van der Waals surface area contributed by atoms with Crippen molar-refractivity contribution >= 4 is 27.5 Å². The number of nitrogens with one attached hydrogen (secondary N) is 1. The molecule has 2 aromatic carbocycles. The van der Waals surface area contributed by atoms with Crippen LogP contribution < -0.4 is 14.8 Å². The van der Waals surface area contributed by atoms with E-state index in [2.05, 4.69) is 21.2 Å². The molecular formula is C21H24BrNO4. The zero-order valence-corrected chi connectivity index (χ0v) is 17.0. The van der Waals surface area contributed by atoms with Gasteiger partial charge in [-0.25, -0.2) is 0 Å². The highest BCUT2D eigenvalue weighted by Crippen LogP contribution is 2.37. The van der Waals surface area contributed by atoms with E-state index in [4.69, 9.17) is 14.2 Å². The van der Waals surface area contributed by atoms with Crippen molar-refractivity contribution in [1.82, 2.24) is 0 Å². The van der Waals surface area contributed by atoms with E-state index < -0.39 is 5.41 Å². The summed E-state index contributed by atoms with van der Waals surface area (Å²) >= 11 is 3.34. The van der Waals surface area contributed by atoms with E-state index in [1.165, 1.54) is 0 Å². The van der Waals surface area contributed by atoms with Gasteiger partial charge < -0.3 is 19.5 Å².